The summed E-state index contributed by atoms with van der Waals surface area (Å²) < 4.78 is 15.9. The normalized spacial score (nSPS) is 27.7. The Kier molecular flexibility index (Phi) is 4.38. The van der Waals surface area contributed by atoms with Crippen LogP contribution in [0.2, 0.25) is 0 Å². The van der Waals surface area contributed by atoms with E-state index in [1.807, 2.05) is 34.6 Å². The van der Waals surface area contributed by atoms with Crippen LogP contribution in [0.25, 0.3) is 0 Å². The molecule has 0 bridgehead atoms. The van der Waals surface area contributed by atoms with Crippen molar-refractivity contribution in [2.24, 2.45) is 0 Å². The molecule has 1 aliphatic heterocycles. The molecule has 100 valence electrons. The van der Waals surface area contributed by atoms with Gasteiger partial charge in [-0.2, -0.15) is 0 Å². The van der Waals surface area contributed by atoms with Crippen LogP contribution in [0.1, 0.15) is 34.6 Å². The number of ether oxygens (including phenoxy) is 3. The molecule has 2 atom stereocenters. The van der Waals surface area contributed by atoms with Gasteiger partial charge in [0, 0.05) is 6.54 Å². The minimum absolute atomic E-state index is 0.133. The van der Waals surface area contributed by atoms with Crippen molar-refractivity contribution in [3.63, 3.8) is 0 Å². The van der Waals surface area contributed by atoms with E-state index in [1.54, 1.807) is 0 Å². The van der Waals surface area contributed by atoms with E-state index in [2.05, 4.69) is 5.32 Å². The van der Waals surface area contributed by atoms with Gasteiger partial charge in [0.15, 0.2) is 0 Å². The Morgan fingerprint density at radius 2 is 2.06 bits per heavy atom. The molecule has 1 amide bonds. The van der Waals surface area contributed by atoms with Crippen LogP contribution in [-0.4, -0.2) is 43.2 Å². The van der Waals surface area contributed by atoms with Gasteiger partial charge in [-0.1, -0.05) is 0 Å². The Balaban J connectivity index is 1.99. The van der Waals surface area contributed by atoms with Crippen molar-refractivity contribution in [3.05, 3.63) is 0 Å². The first-order valence-electron chi connectivity index (χ1n) is 5.95. The van der Waals surface area contributed by atoms with Crippen molar-refractivity contribution < 1.29 is 19.0 Å². The molecule has 0 aromatic rings. The third kappa shape index (κ3) is 5.37. The zero-order chi connectivity index (χ0) is 13.1. The summed E-state index contributed by atoms with van der Waals surface area (Å²) in [7, 11) is 0. The molecule has 1 rings (SSSR count). The number of epoxide rings is 1. The number of amides is 1. The maximum absolute atomic E-state index is 11.3. The van der Waals surface area contributed by atoms with Crippen molar-refractivity contribution in [1.82, 2.24) is 5.32 Å². The van der Waals surface area contributed by atoms with E-state index in [1.165, 1.54) is 0 Å². The average Bonchev–Trinajstić information content (AvgIpc) is 2.71. The summed E-state index contributed by atoms with van der Waals surface area (Å²) in [5.74, 6) is 0. The lowest BCUT2D eigenvalue weighted by Gasteiger charge is -2.19. The Morgan fingerprint density at radius 1 is 1.47 bits per heavy atom. The second-order valence-electron chi connectivity index (χ2n) is 5.55. The summed E-state index contributed by atoms with van der Waals surface area (Å²) in [5, 5.41) is 2.63. The zero-order valence-electron chi connectivity index (χ0n) is 11.3. The van der Waals surface area contributed by atoms with Gasteiger partial charge in [0.05, 0.1) is 19.3 Å². The largest absolute Gasteiger partial charge is 0.444 e. The van der Waals surface area contributed by atoms with E-state index in [0.717, 1.165) is 0 Å². The Bertz CT molecular complexity index is 274. The second-order valence-corrected chi connectivity index (χ2v) is 5.55. The molecule has 1 saturated heterocycles. The lowest BCUT2D eigenvalue weighted by Crippen LogP contribution is -2.34. The van der Waals surface area contributed by atoms with Crippen LogP contribution < -0.4 is 5.32 Å². The van der Waals surface area contributed by atoms with E-state index in [-0.39, 0.29) is 11.7 Å². The maximum Gasteiger partial charge on any atom is 0.407 e. The van der Waals surface area contributed by atoms with Crippen molar-refractivity contribution >= 4 is 6.09 Å². The van der Waals surface area contributed by atoms with Crippen LogP contribution in [-0.2, 0) is 14.2 Å². The van der Waals surface area contributed by atoms with E-state index in [4.69, 9.17) is 14.2 Å². The molecule has 5 nitrogen and oxygen atoms in total. The van der Waals surface area contributed by atoms with E-state index in [0.29, 0.717) is 19.8 Å². The number of hydrogen-bond acceptors (Lipinski definition) is 4. The van der Waals surface area contributed by atoms with Crippen molar-refractivity contribution in [1.29, 1.82) is 0 Å². The van der Waals surface area contributed by atoms with Gasteiger partial charge < -0.3 is 19.5 Å². The smallest absolute Gasteiger partial charge is 0.407 e. The van der Waals surface area contributed by atoms with Gasteiger partial charge in [-0.3, -0.25) is 0 Å². The van der Waals surface area contributed by atoms with Crippen LogP contribution in [0, 0.1) is 0 Å². The van der Waals surface area contributed by atoms with Gasteiger partial charge in [-0.05, 0) is 34.6 Å². The van der Waals surface area contributed by atoms with Crippen LogP contribution in [0.4, 0.5) is 4.79 Å². The topological polar surface area (TPSA) is 60.1 Å². The van der Waals surface area contributed by atoms with Gasteiger partial charge in [0.1, 0.15) is 11.2 Å². The molecule has 0 aliphatic carbocycles. The Labute approximate surface area is 103 Å². The molecule has 0 aromatic carbocycles. The molecule has 1 aliphatic rings. The highest BCUT2D eigenvalue weighted by Gasteiger charge is 2.48. The number of hydrogen-bond donors (Lipinski definition) is 1. The highest BCUT2D eigenvalue weighted by Crippen LogP contribution is 2.35. The van der Waals surface area contributed by atoms with Gasteiger partial charge >= 0.3 is 6.09 Å². The van der Waals surface area contributed by atoms with Gasteiger partial charge in [-0.15, -0.1) is 0 Å². The summed E-state index contributed by atoms with van der Waals surface area (Å²) in [5.41, 5.74) is -0.596. The molecule has 0 radical (unpaired) electrons. The number of rotatable bonds is 5. The third-order valence-electron chi connectivity index (χ3n) is 2.55. The minimum Gasteiger partial charge on any atom is -0.444 e. The highest BCUT2D eigenvalue weighted by atomic mass is 16.6. The first-order chi connectivity index (χ1) is 7.73. The Hall–Kier alpha value is -0.810. The fourth-order valence-corrected chi connectivity index (χ4v) is 1.34. The molecule has 1 heterocycles. The predicted octanol–water partition coefficient (Wildman–Crippen LogP) is 1.71. The maximum atomic E-state index is 11.3. The van der Waals surface area contributed by atoms with Crippen molar-refractivity contribution in [2.45, 2.75) is 51.9 Å². The zero-order valence-corrected chi connectivity index (χ0v) is 11.3. The number of carbonyl (C=O) groups excluding carboxylic acids is 1. The Morgan fingerprint density at radius 3 is 2.53 bits per heavy atom. The lowest BCUT2D eigenvalue weighted by atomic mass is 10.1. The summed E-state index contributed by atoms with van der Waals surface area (Å²) in [6.45, 7) is 11.0. The second kappa shape index (κ2) is 5.23. The number of alkyl carbamates (subject to hydrolysis) is 1. The molecule has 0 saturated carbocycles. The molecule has 5 heteroatoms. The van der Waals surface area contributed by atoms with Crippen LogP contribution in [0.15, 0.2) is 0 Å². The van der Waals surface area contributed by atoms with Crippen LogP contribution in [0.5, 0.6) is 0 Å². The first kappa shape index (κ1) is 14.3. The highest BCUT2D eigenvalue weighted by molar-refractivity contribution is 5.67. The molecule has 1 fully saturated rings. The van der Waals surface area contributed by atoms with E-state index < -0.39 is 11.7 Å². The monoisotopic (exact) mass is 245 g/mol. The summed E-state index contributed by atoms with van der Waals surface area (Å²) in [6, 6.07) is 0. The minimum atomic E-state index is -0.463. The fraction of sp³-hybridized carbons (Fsp3) is 0.917. The van der Waals surface area contributed by atoms with E-state index in [9.17, 15) is 4.79 Å². The average molecular weight is 245 g/mol. The molecule has 17 heavy (non-hydrogen) atoms. The summed E-state index contributed by atoms with van der Waals surface area (Å²) >= 11 is 0. The van der Waals surface area contributed by atoms with E-state index >= 15 is 0 Å². The first-order valence-corrected chi connectivity index (χ1v) is 5.95. The predicted molar refractivity (Wildman–Crippen MR) is 64.0 cm³/mol. The van der Waals surface area contributed by atoms with Gasteiger partial charge in [-0.25, -0.2) is 4.79 Å². The van der Waals surface area contributed by atoms with Gasteiger partial charge in [0.2, 0.25) is 0 Å². The van der Waals surface area contributed by atoms with Crippen LogP contribution in [0.3, 0.4) is 0 Å². The van der Waals surface area contributed by atoms with Crippen molar-refractivity contribution in [3.8, 4) is 0 Å². The number of nitrogens with one attached hydrogen (secondary N) is 1. The lowest BCUT2D eigenvalue weighted by molar-refractivity contribution is 0.0477. The summed E-state index contributed by atoms with van der Waals surface area (Å²) in [4.78, 5) is 11.3. The summed E-state index contributed by atoms with van der Waals surface area (Å²) in [6.07, 6.45) is -0.148. The molecular weight excluding hydrogens is 222 g/mol. The van der Waals surface area contributed by atoms with Crippen molar-refractivity contribution in [2.75, 3.05) is 19.8 Å². The molecule has 1 N–H and O–H groups in total. The third-order valence-corrected chi connectivity index (χ3v) is 2.55. The number of carbonyl (C=O) groups is 1. The molecular formula is C12H23NO4. The fourth-order valence-electron chi connectivity index (χ4n) is 1.34. The molecule has 0 aromatic heterocycles. The molecule has 0 spiro atoms. The van der Waals surface area contributed by atoms with Crippen LogP contribution >= 0.6 is 0 Å². The SMILES string of the molecule is CC1OC1(C)COCCNC(=O)OC(C)(C)C. The van der Waals surface area contributed by atoms with Gasteiger partial charge in [0.25, 0.3) is 0 Å². The standard InChI is InChI=1S/C12H23NO4/c1-9-12(5,16-9)8-15-7-6-13-10(14)17-11(2,3)4/h9H,6-8H2,1-5H3,(H,13,14). The quantitative estimate of drug-likeness (QED) is 0.591. The molecule has 2 unspecified atom stereocenters.